The quantitative estimate of drug-likeness (QED) is 0.751. The number of ether oxygens (including phenoxy) is 1. The average molecular weight is 358 g/mol. The second-order valence-corrected chi connectivity index (χ2v) is 7.23. The fraction of sp³-hybridized carbons (Fsp3) is 0.167. The van der Waals surface area contributed by atoms with Crippen LogP contribution in [0.5, 0.6) is 5.75 Å². The maximum atomic E-state index is 12.8. The minimum atomic E-state index is -3.83. The van der Waals surface area contributed by atoms with Crippen LogP contribution in [0.15, 0.2) is 58.0 Å². The zero-order valence-electron chi connectivity index (χ0n) is 14.1. The first-order valence-electron chi connectivity index (χ1n) is 7.59. The van der Waals surface area contributed by atoms with E-state index in [1.165, 1.54) is 13.2 Å². The van der Waals surface area contributed by atoms with E-state index in [2.05, 4.69) is 9.71 Å². The smallest absolute Gasteiger partial charge is 0.265 e. The van der Waals surface area contributed by atoms with Crippen molar-refractivity contribution in [1.82, 2.24) is 4.98 Å². The number of nitrogens with zero attached hydrogens (tertiary/aromatic N) is 1. The molecule has 0 unspecified atom stereocenters. The highest BCUT2D eigenvalue weighted by molar-refractivity contribution is 7.92. The summed E-state index contributed by atoms with van der Waals surface area (Å²) in [5.41, 5.74) is 2.13. The zero-order valence-corrected chi connectivity index (χ0v) is 14.9. The highest BCUT2D eigenvalue weighted by Gasteiger charge is 2.21. The van der Waals surface area contributed by atoms with E-state index in [4.69, 9.17) is 9.15 Å². The van der Waals surface area contributed by atoms with Gasteiger partial charge in [0.05, 0.1) is 13.3 Å². The van der Waals surface area contributed by atoms with Crippen LogP contribution in [0.3, 0.4) is 0 Å². The molecule has 2 aromatic carbocycles. The van der Waals surface area contributed by atoms with Crippen molar-refractivity contribution in [2.75, 3.05) is 11.8 Å². The lowest BCUT2D eigenvalue weighted by molar-refractivity contribution is 0.403. The number of methoxy groups -OCH3 is 1. The fourth-order valence-electron chi connectivity index (χ4n) is 2.37. The number of aryl methyl sites for hydroxylation is 2. The molecule has 1 heterocycles. The van der Waals surface area contributed by atoms with Crippen LogP contribution < -0.4 is 9.46 Å². The molecule has 0 spiro atoms. The highest BCUT2D eigenvalue weighted by atomic mass is 32.2. The lowest BCUT2D eigenvalue weighted by atomic mass is 10.2. The normalized spacial score (nSPS) is 11.3. The molecule has 7 heteroatoms. The zero-order chi connectivity index (χ0) is 18.0. The number of nitrogens with one attached hydrogen (secondary N) is 1. The van der Waals surface area contributed by atoms with Crippen molar-refractivity contribution in [2.24, 2.45) is 0 Å². The first kappa shape index (κ1) is 17.0. The van der Waals surface area contributed by atoms with Gasteiger partial charge in [-0.15, -0.1) is 0 Å². The monoisotopic (exact) mass is 358 g/mol. The number of sulfonamides is 1. The molecule has 0 atom stereocenters. The van der Waals surface area contributed by atoms with Crippen LogP contribution in [-0.2, 0) is 10.0 Å². The van der Waals surface area contributed by atoms with Crippen LogP contribution in [-0.4, -0.2) is 20.5 Å². The summed E-state index contributed by atoms with van der Waals surface area (Å²) in [6.45, 7) is 3.66. The Morgan fingerprint density at radius 2 is 1.80 bits per heavy atom. The summed E-state index contributed by atoms with van der Waals surface area (Å²) >= 11 is 0. The van der Waals surface area contributed by atoms with Crippen LogP contribution in [0.1, 0.15) is 11.5 Å². The summed E-state index contributed by atoms with van der Waals surface area (Å²) in [5.74, 6) is 1.25. The van der Waals surface area contributed by atoms with E-state index in [-0.39, 0.29) is 10.6 Å². The Morgan fingerprint density at radius 3 is 2.40 bits per heavy atom. The van der Waals surface area contributed by atoms with Gasteiger partial charge in [0.1, 0.15) is 10.6 Å². The van der Waals surface area contributed by atoms with E-state index in [0.29, 0.717) is 22.9 Å². The third kappa shape index (κ3) is 3.66. The molecule has 0 bridgehead atoms. The number of hydrogen-bond donors (Lipinski definition) is 1. The number of benzene rings is 2. The second kappa shape index (κ2) is 6.60. The standard InChI is InChI=1S/C18H18N2O4S/c1-12-4-7-15(8-5-12)20-25(21,22)18-10-14(6-9-16(18)23-3)17-11-19-13(2)24-17/h4-11,20H,1-3H3. The molecule has 130 valence electrons. The van der Waals surface area contributed by atoms with Gasteiger partial charge in [0.2, 0.25) is 0 Å². The minimum Gasteiger partial charge on any atom is -0.495 e. The Labute approximate surface area is 146 Å². The number of rotatable bonds is 5. The second-order valence-electron chi connectivity index (χ2n) is 5.58. The van der Waals surface area contributed by atoms with Crippen LogP contribution >= 0.6 is 0 Å². The maximum Gasteiger partial charge on any atom is 0.265 e. The molecular weight excluding hydrogens is 340 g/mol. The van der Waals surface area contributed by atoms with Gasteiger partial charge in [-0.25, -0.2) is 13.4 Å². The van der Waals surface area contributed by atoms with Crippen molar-refractivity contribution in [2.45, 2.75) is 18.7 Å². The Morgan fingerprint density at radius 1 is 1.08 bits per heavy atom. The van der Waals surface area contributed by atoms with E-state index >= 15 is 0 Å². The Balaban J connectivity index is 2.02. The van der Waals surface area contributed by atoms with Crippen LogP contribution in [0, 0.1) is 13.8 Å². The third-order valence-corrected chi connectivity index (χ3v) is 5.07. The van der Waals surface area contributed by atoms with E-state index in [9.17, 15) is 8.42 Å². The first-order valence-corrected chi connectivity index (χ1v) is 9.08. The van der Waals surface area contributed by atoms with E-state index in [1.807, 2.05) is 19.1 Å². The summed E-state index contributed by atoms with van der Waals surface area (Å²) in [4.78, 5) is 4.07. The molecule has 0 radical (unpaired) electrons. The van der Waals surface area contributed by atoms with E-state index < -0.39 is 10.0 Å². The molecule has 25 heavy (non-hydrogen) atoms. The van der Waals surface area contributed by atoms with Crippen molar-refractivity contribution in [3.8, 4) is 17.1 Å². The largest absolute Gasteiger partial charge is 0.495 e. The average Bonchev–Trinajstić information content (AvgIpc) is 3.02. The summed E-state index contributed by atoms with van der Waals surface area (Å²) in [7, 11) is -2.40. The molecule has 0 aliphatic rings. The molecule has 0 fully saturated rings. The summed E-state index contributed by atoms with van der Waals surface area (Å²) in [6, 6.07) is 11.9. The lowest BCUT2D eigenvalue weighted by Gasteiger charge is -2.13. The number of anilines is 1. The molecule has 6 nitrogen and oxygen atoms in total. The van der Waals surface area contributed by atoms with Gasteiger partial charge in [-0.1, -0.05) is 17.7 Å². The molecule has 1 aromatic heterocycles. The summed E-state index contributed by atoms with van der Waals surface area (Å²) in [5, 5.41) is 0. The fourth-order valence-corrected chi connectivity index (χ4v) is 3.62. The molecule has 1 N–H and O–H groups in total. The molecule has 0 saturated carbocycles. The number of hydrogen-bond acceptors (Lipinski definition) is 5. The number of oxazole rings is 1. The lowest BCUT2D eigenvalue weighted by Crippen LogP contribution is -2.14. The molecule has 0 aliphatic heterocycles. The van der Waals surface area contributed by atoms with Gasteiger partial charge in [-0.05, 0) is 37.3 Å². The van der Waals surface area contributed by atoms with Gasteiger partial charge in [0, 0.05) is 18.2 Å². The van der Waals surface area contributed by atoms with Crippen LogP contribution in [0.4, 0.5) is 5.69 Å². The first-order chi connectivity index (χ1) is 11.9. The Hall–Kier alpha value is -2.80. The van der Waals surface area contributed by atoms with Crippen molar-refractivity contribution in [1.29, 1.82) is 0 Å². The topological polar surface area (TPSA) is 81.4 Å². The molecule has 3 rings (SSSR count). The SMILES string of the molecule is COc1ccc(-c2cnc(C)o2)cc1S(=O)(=O)Nc1ccc(C)cc1. The molecular formula is C18H18N2O4S. The minimum absolute atomic E-state index is 0.0297. The third-order valence-electron chi connectivity index (χ3n) is 3.66. The van der Waals surface area contributed by atoms with E-state index in [0.717, 1.165) is 5.56 Å². The van der Waals surface area contributed by atoms with Crippen molar-refractivity contribution < 1.29 is 17.6 Å². The van der Waals surface area contributed by atoms with Gasteiger partial charge in [0.25, 0.3) is 10.0 Å². The predicted molar refractivity (Wildman–Crippen MR) is 95.2 cm³/mol. The van der Waals surface area contributed by atoms with Gasteiger partial charge >= 0.3 is 0 Å². The maximum absolute atomic E-state index is 12.8. The molecule has 0 saturated heterocycles. The Bertz CT molecular complexity index is 992. The van der Waals surface area contributed by atoms with Crippen molar-refractivity contribution in [3.05, 3.63) is 60.1 Å². The molecule has 3 aromatic rings. The van der Waals surface area contributed by atoms with Gasteiger partial charge in [-0.3, -0.25) is 4.72 Å². The molecule has 0 aliphatic carbocycles. The van der Waals surface area contributed by atoms with Crippen LogP contribution in [0.2, 0.25) is 0 Å². The van der Waals surface area contributed by atoms with E-state index in [1.54, 1.807) is 37.4 Å². The predicted octanol–water partition coefficient (Wildman–Crippen LogP) is 3.77. The summed E-state index contributed by atoms with van der Waals surface area (Å²) < 4.78 is 38.9. The Kier molecular flexibility index (Phi) is 4.50. The number of aromatic nitrogens is 1. The van der Waals surface area contributed by atoms with Gasteiger partial charge in [-0.2, -0.15) is 0 Å². The van der Waals surface area contributed by atoms with Gasteiger partial charge in [0.15, 0.2) is 11.7 Å². The summed E-state index contributed by atoms with van der Waals surface area (Å²) in [6.07, 6.45) is 1.56. The van der Waals surface area contributed by atoms with Crippen LogP contribution in [0.25, 0.3) is 11.3 Å². The van der Waals surface area contributed by atoms with Crippen molar-refractivity contribution >= 4 is 15.7 Å². The molecule has 0 amide bonds. The highest BCUT2D eigenvalue weighted by Crippen LogP contribution is 2.31. The van der Waals surface area contributed by atoms with Gasteiger partial charge < -0.3 is 9.15 Å². The van der Waals surface area contributed by atoms with Crippen molar-refractivity contribution in [3.63, 3.8) is 0 Å².